The average molecular weight is 287 g/mol. The standard InChI is InChI=1S/C16H21N3O2/c1-11-10-19(7-8-20-11)16(17)18-9-14-12(2)21-15-6-4-3-5-13(14)15/h3-6,11H,7-10H2,1-2H3,(H2,17,18). The van der Waals surface area contributed by atoms with E-state index in [9.17, 15) is 0 Å². The van der Waals surface area contributed by atoms with Crippen LogP contribution in [0.2, 0.25) is 0 Å². The minimum absolute atomic E-state index is 0.198. The van der Waals surface area contributed by atoms with Crippen LogP contribution >= 0.6 is 0 Å². The van der Waals surface area contributed by atoms with Crippen LogP contribution < -0.4 is 5.73 Å². The zero-order chi connectivity index (χ0) is 14.8. The van der Waals surface area contributed by atoms with Gasteiger partial charge in [-0.1, -0.05) is 18.2 Å². The molecule has 5 nitrogen and oxygen atoms in total. The molecule has 2 aromatic rings. The lowest BCUT2D eigenvalue weighted by Gasteiger charge is -2.31. The van der Waals surface area contributed by atoms with Crippen molar-refractivity contribution in [3.05, 3.63) is 35.6 Å². The summed E-state index contributed by atoms with van der Waals surface area (Å²) in [5.74, 6) is 1.48. The van der Waals surface area contributed by atoms with Gasteiger partial charge in [0, 0.05) is 24.0 Å². The molecule has 0 spiro atoms. The van der Waals surface area contributed by atoms with Gasteiger partial charge in [0.15, 0.2) is 5.96 Å². The number of aliphatic imine (C=N–C) groups is 1. The normalized spacial score (nSPS) is 20.2. The van der Waals surface area contributed by atoms with Gasteiger partial charge in [-0.3, -0.25) is 0 Å². The molecule has 5 heteroatoms. The molecule has 1 aromatic heterocycles. The lowest BCUT2D eigenvalue weighted by atomic mass is 10.1. The molecular formula is C16H21N3O2. The number of guanidine groups is 1. The van der Waals surface area contributed by atoms with Crippen molar-refractivity contribution in [3.8, 4) is 0 Å². The molecule has 1 saturated heterocycles. The Bertz CT molecular complexity index is 663. The summed E-state index contributed by atoms with van der Waals surface area (Å²) in [6.07, 6.45) is 0.198. The molecule has 3 rings (SSSR count). The first-order valence-electron chi connectivity index (χ1n) is 7.28. The maximum Gasteiger partial charge on any atom is 0.191 e. The Morgan fingerprint density at radius 2 is 2.24 bits per heavy atom. The molecule has 2 N–H and O–H groups in total. The molecule has 1 aromatic carbocycles. The van der Waals surface area contributed by atoms with Gasteiger partial charge < -0.3 is 19.8 Å². The molecule has 1 fully saturated rings. The first-order chi connectivity index (χ1) is 10.1. The molecule has 1 aliphatic rings. The zero-order valence-electron chi connectivity index (χ0n) is 12.5. The van der Waals surface area contributed by atoms with Gasteiger partial charge in [-0.25, -0.2) is 4.99 Å². The molecule has 21 heavy (non-hydrogen) atoms. The Labute approximate surface area is 124 Å². The maximum absolute atomic E-state index is 6.11. The maximum atomic E-state index is 6.11. The first-order valence-corrected chi connectivity index (χ1v) is 7.28. The van der Waals surface area contributed by atoms with Crippen molar-refractivity contribution in [2.75, 3.05) is 19.7 Å². The van der Waals surface area contributed by atoms with E-state index in [1.54, 1.807) is 0 Å². The fourth-order valence-electron chi connectivity index (χ4n) is 2.70. The fraction of sp³-hybridized carbons (Fsp3) is 0.438. The van der Waals surface area contributed by atoms with Crippen LogP contribution in [0.5, 0.6) is 0 Å². The van der Waals surface area contributed by atoms with Crippen LogP contribution in [0.3, 0.4) is 0 Å². The van der Waals surface area contributed by atoms with Gasteiger partial charge in [-0.2, -0.15) is 0 Å². The minimum atomic E-state index is 0.198. The van der Waals surface area contributed by atoms with Gasteiger partial charge in [-0.15, -0.1) is 0 Å². The van der Waals surface area contributed by atoms with Gasteiger partial charge in [0.1, 0.15) is 11.3 Å². The van der Waals surface area contributed by atoms with E-state index in [1.807, 2.05) is 32.0 Å². The third-order valence-corrected chi connectivity index (χ3v) is 3.86. The summed E-state index contributed by atoms with van der Waals surface area (Å²) in [6, 6.07) is 8.02. The van der Waals surface area contributed by atoms with Crippen molar-refractivity contribution in [2.24, 2.45) is 10.7 Å². The van der Waals surface area contributed by atoms with Gasteiger partial charge in [0.25, 0.3) is 0 Å². The molecule has 1 atom stereocenters. The van der Waals surface area contributed by atoms with Gasteiger partial charge in [0.2, 0.25) is 0 Å². The van der Waals surface area contributed by atoms with Crippen molar-refractivity contribution < 1.29 is 9.15 Å². The number of ether oxygens (including phenoxy) is 1. The SMILES string of the molecule is Cc1oc2ccccc2c1CN=C(N)N1CCOC(C)C1. The smallest absolute Gasteiger partial charge is 0.191 e. The quantitative estimate of drug-likeness (QED) is 0.680. The number of nitrogens with two attached hydrogens (primary N) is 1. The van der Waals surface area contributed by atoms with E-state index in [1.165, 1.54) is 0 Å². The Morgan fingerprint density at radius 3 is 3.05 bits per heavy atom. The van der Waals surface area contributed by atoms with Crippen LogP contribution in [0, 0.1) is 6.92 Å². The molecule has 0 saturated carbocycles. The number of aryl methyl sites for hydroxylation is 1. The molecule has 2 heterocycles. The Hall–Kier alpha value is -2.01. The summed E-state index contributed by atoms with van der Waals surface area (Å²) >= 11 is 0. The van der Waals surface area contributed by atoms with Crippen molar-refractivity contribution in [1.82, 2.24) is 4.90 Å². The van der Waals surface area contributed by atoms with Crippen molar-refractivity contribution in [1.29, 1.82) is 0 Å². The first kappa shape index (κ1) is 13.9. The van der Waals surface area contributed by atoms with Crippen molar-refractivity contribution >= 4 is 16.9 Å². The Kier molecular flexibility index (Phi) is 3.84. The molecule has 1 unspecified atom stereocenters. The number of benzene rings is 1. The summed E-state index contributed by atoms with van der Waals surface area (Å²) in [5, 5.41) is 1.11. The average Bonchev–Trinajstić information content (AvgIpc) is 2.80. The van der Waals surface area contributed by atoms with Gasteiger partial charge in [-0.05, 0) is 19.9 Å². The van der Waals surface area contributed by atoms with E-state index in [-0.39, 0.29) is 6.10 Å². The van der Waals surface area contributed by atoms with Crippen molar-refractivity contribution in [2.45, 2.75) is 26.5 Å². The highest BCUT2D eigenvalue weighted by Crippen LogP contribution is 2.25. The number of rotatable bonds is 2. The second kappa shape index (κ2) is 5.77. The molecular weight excluding hydrogens is 266 g/mol. The van der Waals surface area contributed by atoms with Crippen LogP contribution in [0.4, 0.5) is 0 Å². The van der Waals surface area contributed by atoms with E-state index < -0.39 is 0 Å². The topological polar surface area (TPSA) is 64.0 Å². The number of para-hydroxylation sites is 1. The largest absolute Gasteiger partial charge is 0.461 e. The van der Waals surface area contributed by atoms with E-state index >= 15 is 0 Å². The molecule has 0 amide bonds. The number of furan rings is 1. The van der Waals surface area contributed by atoms with E-state index in [4.69, 9.17) is 14.9 Å². The molecule has 112 valence electrons. The van der Waals surface area contributed by atoms with E-state index in [2.05, 4.69) is 16.0 Å². The molecule has 0 radical (unpaired) electrons. The van der Waals surface area contributed by atoms with Crippen LogP contribution in [0.1, 0.15) is 18.2 Å². The van der Waals surface area contributed by atoms with Gasteiger partial charge >= 0.3 is 0 Å². The van der Waals surface area contributed by atoms with Crippen molar-refractivity contribution in [3.63, 3.8) is 0 Å². The lowest BCUT2D eigenvalue weighted by Crippen LogP contribution is -2.47. The predicted octanol–water partition coefficient (Wildman–Crippen LogP) is 2.28. The van der Waals surface area contributed by atoms with Crippen LogP contribution in [0.25, 0.3) is 11.0 Å². The van der Waals surface area contributed by atoms with Crippen LogP contribution in [0.15, 0.2) is 33.7 Å². The highest BCUT2D eigenvalue weighted by molar-refractivity contribution is 5.83. The number of hydrogen-bond acceptors (Lipinski definition) is 3. The summed E-state index contributed by atoms with van der Waals surface area (Å²) in [4.78, 5) is 6.62. The van der Waals surface area contributed by atoms with Crippen LogP contribution in [-0.4, -0.2) is 36.7 Å². The monoisotopic (exact) mass is 287 g/mol. The number of nitrogens with zero attached hydrogens (tertiary/aromatic N) is 2. The lowest BCUT2D eigenvalue weighted by molar-refractivity contribution is 0.00528. The molecule has 0 bridgehead atoms. The number of fused-ring (bicyclic) bond motifs is 1. The van der Waals surface area contributed by atoms with Crippen LogP contribution in [-0.2, 0) is 11.3 Å². The fourth-order valence-corrected chi connectivity index (χ4v) is 2.70. The predicted molar refractivity (Wildman–Crippen MR) is 83.3 cm³/mol. The second-order valence-corrected chi connectivity index (χ2v) is 5.43. The third-order valence-electron chi connectivity index (χ3n) is 3.86. The summed E-state index contributed by atoms with van der Waals surface area (Å²) in [7, 11) is 0. The minimum Gasteiger partial charge on any atom is -0.461 e. The Morgan fingerprint density at radius 1 is 1.43 bits per heavy atom. The highest BCUT2D eigenvalue weighted by Gasteiger charge is 2.18. The highest BCUT2D eigenvalue weighted by atomic mass is 16.5. The summed E-state index contributed by atoms with van der Waals surface area (Å²) in [6.45, 7) is 6.85. The molecule has 1 aliphatic heterocycles. The Balaban J connectivity index is 1.79. The van der Waals surface area contributed by atoms with Gasteiger partial charge in [0.05, 0.1) is 19.3 Å². The van der Waals surface area contributed by atoms with E-state index in [0.29, 0.717) is 19.1 Å². The number of morpholine rings is 1. The molecule has 0 aliphatic carbocycles. The zero-order valence-corrected chi connectivity index (χ0v) is 12.5. The second-order valence-electron chi connectivity index (χ2n) is 5.43. The summed E-state index contributed by atoms with van der Waals surface area (Å²) in [5.41, 5.74) is 8.12. The number of hydrogen-bond donors (Lipinski definition) is 1. The third kappa shape index (κ3) is 2.88. The van der Waals surface area contributed by atoms with E-state index in [0.717, 1.165) is 35.4 Å². The summed E-state index contributed by atoms with van der Waals surface area (Å²) < 4.78 is 11.3.